The molecule has 1 aromatic heterocycles. The van der Waals surface area contributed by atoms with Crippen LogP contribution in [0.5, 0.6) is 0 Å². The van der Waals surface area contributed by atoms with Gasteiger partial charge in [0.25, 0.3) is 0 Å². The number of methoxy groups -OCH3 is 1. The van der Waals surface area contributed by atoms with Gasteiger partial charge in [0.2, 0.25) is 0 Å². The zero-order valence-electron chi connectivity index (χ0n) is 9.29. The molecule has 4 nitrogen and oxygen atoms in total. The van der Waals surface area contributed by atoms with Gasteiger partial charge in [-0.05, 0) is 13.0 Å². The molecule has 0 unspecified atom stereocenters. The molecule has 1 rings (SSSR count). The van der Waals surface area contributed by atoms with Crippen molar-refractivity contribution in [3.8, 4) is 0 Å². The Morgan fingerprint density at radius 1 is 1.60 bits per heavy atom. The van der Waals surface area contributed by atoms with E-state index in [1.807, 2.05) is 4.68 Å². The fourth-order valence-corrected chi connectivity index (χ4v) is 1.53. The van der Waals surface area contributed by atoms with Crippen molar-refractivity contribution >= 4 is 11.6 Å². The Morgan fingerprint density at radius 3 is 3.07 bits per heavy atom. The first kappa shape index (κ1) is 12.5. The smallest absolute Gasteiger partial charge is 0.0831 e. The predicted octanol–water partition coefficient (Wildman–Crippen LogP) is 1.68. The average Bonchev–Trinajstić information content (AvgIpc) is 2.58. The zero-order valence-corrected chi connectivity index (χ0v) is 10.0. The molecule has 0 atom stereocenters. The Hall–Kier alpha value is -0.580. The van der Waals surface area contributed by atoms with E-state index in [1.165, 1.54) is 0 Å². The SMILES string of the molecule is CCCNCc1c(Cl)cnn1CCOC. The van der Waals surface area contributed by atoms with Gasteiger partial charge in [-0.1, -0.05) is 18.5 Å². The lowest BCUT2D eigenvalue weighted by Crippen LogP contribution is -2.18. The number of nitrogens with zero attached hydrogens (tertiary/aromatic N) is 2. The first-order chi connectivity index (χ1) is 7.29. The molecule has 0 fully saturated rings. The molecule has 0 bridgehead atoms. The quantitative estimate of drug-likeness (QED) is 0.726. The van der Waals surface area contributed by atoms with Gasteiger partial charge in [0.05, 0.1) is 30.1 Å². The summed E-state index contributed by atoms with van der Waals surface area (Å²) in [7, 11) is 1.68. The van der Waals surface area contributed by atoms with Gasteiger partial charge < -0.3 is 10.1 Å². The molecule has 15 heavy (non-hydrogen) atoms. The van der Waals surface area contributed by atoms with Crippen LogP contribution in [0, 0.1) is 0 Å². The van der Waals surface area contributed by atoms with Crippen LogP contribution in [0.25, 0.3) is 0 Å². The molecule has 0 aliphatic heterocycles. The molecule has 86 valence electrons. The first-order valence-corrected chi connectivity index (χ1v) is 5.57. The summed E-state index contributed by atoms with van der Waals surface area (Å²) >= 11 is 6.04. The van der Waals surface area contributed by atoms with Crippen LogP contribution < -0.4 is 5.32 Å². The number of halogens is 1. The van der Waals surface area contributed by atoms with Gasteiger partial charge in [-0.3, -0.25) is 4.68 Å². The number of hydrogen-bond acceptors (Lipinski definition) is 3. The summed E-state index contributed by atoms with van der Waals surface area (Å²) in [5, 5.41) is 8.22. The average molecular weight is 232 g/mol. The summed E-state index contributed by atoms with van der Waals surface area (Å²) in [5.74, 6) is 0. The van der Waals surface area contributed by atoms with Crippen molar-refractivity contribution in [1.29, 1.82) is 0 Å². The minimum absolute atomic E-state index is 0.652. The van der Waals surface area contributed by atoms with Crippen LogP contribution in [-0.2, 0) is 17.8 Å². The van der Waals surface area contributed by atoms with Gasteiger partial charge in [-0.2, -0.15) is 5.10 Å². The highest BCUT2D eigenvalue weighted by Gasteiger charge is 2.07. The van der Waals surface area contributed by atoms with E-state index in [0.29, 0.717) is 6.61 Å². The molecule has 0 spiro atoms. The van der Waals surface area contributed by atoms with Gasteiger partial charge in [0.15, 0.2) is 0 Å². The summed E-state index contributed by atoms with van der Waals surface area (Å²) in [6.45, 7) is 5.28. The van der Waals surface area contributed by atoms with Crippen molar-refractivity contribution in [1.82, 2.24) is 15.1 Å². The van der Waals surface area contributed by atoms with Gasteiger partial charge >= 0.3 is 0 Å². The van der Waals surface area contributed by atoms with Crippen LogP contribution in [-0.4, -0.2) is 30.0 Å². The van der Waals surface area contributed by atoms with E-state index < -0.39 is 0 Å². The molecule has 1 heterocycles. The van der Waals surface area contributed by atoms with Crippen LogP contribution in [0.1, 0.15) is 19.0 Å². The molecule has 0 aliphatic rings. The van der Waals surface area contributed by atoms with Gasteiger partial charge in [0.1, 0.15) is 0 Å². The molecule has 0 radical (unpaired) electrons. The highest BCUT2D eigenvalue weighted by Crippen LogP contribution is 2.14. The largest absolute Gasteiger partial charge is 0.383 e. The monoisotopic (exact) mass is 231 g/mol. The lowest BCUT2D eigenvalue weighted by Gasteiger charge is -2.08. The van der Waals surface area contributed by atoms with Crippen molar-refractivity contribution < 1.29 is 4.74 Å². The fraction of sp³-hybridized carbons (Fsp3) is 0.700. The zero-order chi connectivity index (χ0) is 11.1. The van der Waals surface area contributed by atoms with Gasteiger partial charge in [0, 0.05) is 13.7 Å². The summed E-state index contributed by atoms with van der Waals surface area (Å²) in [6, 6.07) is 0. The maximum atomic E-state index is 6.04. The Balaban J connectivity index is 2.54. The number of ether oxygens (including phenoxy) is 1. The summed E-state index contributed by atoms with van der Waals surface area (Å²) in [6.07, 6.45) is 2.80. The number of rotatable bonds is 7. The Morgan fingerprint density at radius 2 is 2.40 bits per heavy atom. The molecule has 1 aromatic rings. The first-order valence-electron chi connectivity index (χ1n) is 5.19. The Kier molecular flexibility index (Phi) is 5.68. The van der Waals surface area contributed by atoms with E-state index >= 15 is 0 Å². The van der Waals surface area contributed by atoms with E-state index in [2.05, 4.69) is 17.3 Å². The van der Waals surface area contributed by atoms with Gasteiger partial charge in [-0.25, -0.2) is 0 Å². The summed E-state index contributed by atoms with van der Waals surface area (Å²) in [5.41, 5.74) is 1.03. The van der Waals surface area contributed by atoms with E-state index in [9.17, 15) is 0 Å². The molecule has 0 aliphatic carbocycles. The number of hydrogen-bond donors (Lipinski definition) is 1. The standard InChI is InChI=1S/C10H18ClN3O/c1-3-4-12-8-10-9(11)7-13-14(10)5-6-15-2/h7,12H,3-6,8H2,1-2H3. The van der Waals surface area contributed by atoms with E-state index in [-0.39, 0.29) is 0 Å². The van der Waals surface area contributed by atoms with Crippen LogP contribution in [0.3, 0.4) is 0 Å². The minimum Gasteiger partial charge on any atom is -0.383 e. The maximum absolute atomic E-state index is 6.04. The fourth-order valence-electron chi connectivity index (χ4n) is 1.32. The molecule has 0 saturated heterocycles. The van der Waals surface area contributed by atoms with Crippen molar-refractivity contribution in [2.45, 2.75) is 26.4 Å². The predicted molar refractivity (Wildman–Crippen MR) is 61.1 cm³/mol. The molecule has 0 saturated carbocycles. The normalized spacial score (nSPS) is 10.9. The van der Waals surface area contributed by atoms with E-state index in [0.717, 1.165) is 36.8 Å². The summed E-state index contributed by atoms with van der Waals surface area (Å²) < 4.78 is 6.89. The third kappa shape index (κ3) is 3.81. The van der Waals surface area contributed by atoms with Gasteiger partial charge in [-0.15, -0.1) is 0 Å². The third-order valence-electron chi connectivity index (χ3n) is 2.12. The van der Waals surface area contributed by atoms with Crippen LogP contribution in [0.4, 0.5) is 0 Å². The topological polar surface area (TPSA) is 39.1 Å². The number of aromatic nitrogens is 2. The van der Waals surface area contributed by atoms with Crippen LogP contribution in [0.2, 0.25) is 5.02 Å². The highest BCUT2D eigenvalue weighted by atomic mass is 35.5. The molecular formula is C10H18ClN3O. The Labute approximate surface area is 95.6 Å². The number of nitrogens with one attached hydrogen (secondary N) is 1. The van der Waals surface area contributed by atoms with Crippen molar-refractivity contribution in [3.05, 3.63) is 16.9 Å². The Bertz CT molecular complexity index is 288. The molecule has 1 N–H and O–H groups in total. The van der Waals surface area contributed by atoms with Crippen LogP contribution >= 0.6 is 11.6 Å². The second-order valence-electron chi connectivity index (χ2n) is 3.33. The maximum Gasteiger partial charge on any atom is 0.0831 e. The molecular weight excluding hydrogens is 214 g/mol. The summed E-state index contributed by atoms with van der Waals surface area (Å²) in [4.78, 5) is 0. The minimum atomic E-state index is 0.652. The molecule has 5 heteroatoms. The second kappa shape index (κ2) is 6.82. The molecule has 0 amide bonds. The lowest BCUT2D eigenvalue weighted by atomic mass is 10.4. The second-order valence-corrected chi connectivity index (χ2v) is 3.74. The third-order valence-corrected chi connectivity index (χ3v) is 2.44. The lowest BCUT2D eigenvalue weighted by molar-refractivity contribution is 0.182. The van der Waals surface area contributed by atoms with E-state index in [4.69, 9.17) is 16.3 Å². The highest BCUT2D eigenvalue weighted by molar-refractivity contribution is 6.31. The van der Waals surface area contributed by atoms with E-state index in [1.54, 1.807) is 13.3 Å². The molecule has 0 aromatic carbocycles. The van der Waals surface area contributed by atoms with Crippen LogP contribution in [0.15, 0.2) is 6.20 Å². The van der Waals surface area contributed by atoms with Crippen molar-refractivity contribution in [2.75, 3.05) is 20.3 Å². The van der Waals surface area contributed by atoms with Crippen molar-refractivity contribution in [2.24, 2.45) is 0 Å². The van der Waals surface area contributed by atoms with Crippen molar-refractivity contribution in [3.63, 3.8) is 0 Å².